The zero-order chi connectivity index (χ0) is 8.12. The van der Waals surface area contributed by atoms with Crippen molar-refractivity contribution >= 4 is 6.72 Å². The Balaban J connectivity index is -0.0000000646. The minimum Gasteiger partial charge on any atom is -0.317 e. The first-order valence-electron chi connectivity index (χ1n) is 2.19. The lowest BCUT2D eigenvalue weighted by atomic mass is 10.8. The topological polar surface area (TPSA) is 72.6 Å². The van der Waals surface area contributed by atoms with Crippen LogP contribution >= 0.6 is 0 Å². The summed E-state index contributed by atoms with van der Waals surface area (Å²) in [7, 11) is 1.39. The fourth-order valence-corrected chi connectivity index (χ4v) is 0. The van der Waals surface area contributed by atoms with Crippen molar-refractivity contribution in [1.82, 2.24) is 0 Å². The van der Waals surface area contributed by atoms with Gasteiger partial charge in [-0.2, -0.15) is 0 Å². The van der Waals surface area contributed by atoms with Crippen LogP contribution in [0.4, 0.5) is 0 Å². The summed E-state index contributed by atoms with van der Waals surface area (Å²) in [5.74, 6) is 0. The molecule has 0 amide bonds. The van der Waals surface area contributed by atoms with Crippen LogP contribution in [0.2, 0.25) is 0 Å². The monoisotopic (exact) mass is 128 g/mol. The van der Waals surface area contributed by atoms with E-state index in [0.717, 1.165) is 0 Å². The smallest absolute Gasteiger partial charge is 0.0139 e. The Kier molecular flexibility index (Phi) is 129. The highest BCUT2D eigenvalue weighted by Crippen LogP contribution is 1.46. The summed E-state index contributed by atoms with van der Waals surface area (Å²) in [6, 6.07) is 0. The lowest BCUT2D eigenvalue weighted by molar-refractivity contribution is 1.40. The van der Waals surface area contributed by atoms with Crippen LogP contribution in [0.25, 0.3) is 10.4 Å². The van der Waals surface area contributed by atoms with E-state index in [2.05, 4.69) is 23.3 Å². The van der Waals surface area contributed by atoms with Crippen molar-refractivity contribution in [2.75, 3.05) is 7.05 Å². The molecule has 4 heteroatoms. The third kappa shape index (κ3) is 1910. The molecule has 0 aromatic carbocycles. The Hall–Kier alpha value is -1.28. The molecule has 0 saturated heterocycles. The molecule has 0 aromatic rings. The largest absolute Gasteiger partial charge is 0.317 e. The average Bonchev–Trinajstić information content (AvgIpc) is 1.94. The molecule has 0 rings (SSSR count). The highest BCUT2D eigenvalue weighted by molar-refractivity contribution is 5.15. The fourth-order valence-electron chi connectivity index (χ4n) is 0. The molecule has 4 nitrogen and oxygen atoms in total. The first-order chi connectivity index (χ1) is 4.33. The quantitative estimate of drug-likeness (QED) is 0.171. The normalized spacial score (nSPS) is 3.78. The first-order valence-corrected chi connectivity index (χ1v) is 2.19. The van der Waals surface area contributed by atoms with Crippen molar-refractivity contribution < 1.29 is 0 Å². The van der Waals surface area contributed by atoms with E-state index in [1.807, 2.05) is 6.92 Å². The summed E-state index contributed by atoms with van der Waals surface area (Å²) in [4.78, 5) is 2.36. The summed E-state index contributed by atoms with van der Waals surface area (Å²) in [5, 5.41) is 8.42. The van der Waals surface area contributed by atoms with Crippen molar-refractivity contribution in [3.05, 3.63) is 23.1 Å². The van der Waals surface area contributed by atoms with Gasteiger partial charge in [0.25, 0.3) is 0 Å². The molecular formula is C5H12N4. The van der Waals surface area contributed by atoms with E-state index in [1.54, 1.807) is 6.08 Å². The van der Waals surface area contributed by atoms with Crippen LogP contribution in [0.1, 0.15) is 6.92 Å². The van der Waals surface area contributed by atoms with Gasteiger partial charge < -0.3 is 5.41 Å². The molecule has 0 radical (unpaired) electrons. The van der Waals surface area contributed by atoms with Crippen LogP contribution in [-0.2, 0) is 0 Å². The van der Waals surface area contributed by atoms with Crippen molar-refractivity contribution in [2.45, 2.75) is 6.92 Å². The van der Waals surface area contributed by atoms with Gasteiger partial charge in [-0.15, -0.1) is 6.58 Å². The van der Waals surface area contributed by atoms with Gasteiger partial charge in [0, 0.05) is 12.0 Å². The zero-order valence-electron chi connectivity index (χ0n) is 5.83. The summed E-state index contributed by atoms with van der Waals surface area (Å²) >= 11 is 0. The highest BCUT2D eigenvalue weighted by atomic mass is 15.1. The number of hydrogen-bond acceptors (Lipinski definition) is 2. The second kappa shape index (κ2) is 74.3. The molecule has 0 atom stereocenters. The third-order valence-electron chi connectivity index (χ3n) is 0.0894. The molecule has 0 heterocycles. The molecule has 0 bridgehead atoms. The predicted molar refractivity (Wildman–Crippen MR) is 40.8 cm³/mol. The van der Waals surface area contributed by atoms with Gasteiger partial charge >= 0.3 is 0 Å². The van der Waals surface area contributed by atoms with Crippen molar-refractivity contribution in [1.29, 1.82) is 5.41 Å². The van der Waals surface area contributed by atoms with Crippen molar-refractivity contribution in [3.8, 4) is 0 Å². The van der Waals surface area contributed by atoms with Crippen LogP contribution in [0.5, 0.6) is 0 Å². The molecule has 0 spiro atoms. The molecule has 9 heavy (non-hydrogen) atoms. The lowest BCUT2D eigenvalue weighted by Crippen LogP contribution is -1.22. The van der Waals surface area contributed by atoms with Crippen LogP contribution in [0.3, 0.4) is 0 Å². The predicted octanol–water partition coefficient (Wildman–Crippen LogP) is 2.38. The average molecular weight is 128 g/mol. The number of rotatable bonds is 0. The van der Waals surface area contributed by atoms with E-state index < -0.39 is 0 Å². The van der Waals surface area contributed by atoms with Crippen molar-refractivity contribution in [2.24, 2.45) is 5.11 Å². The van der Waals surface area contributed by atoms with Gasteiger partial charge in [0.2, 0.25) is 0 Å². The second-order valence-electron chi connectivity index (χ2n) is 0.698. The second-order valence-corrected chi connectivity index (χ2v) is 0.698. The van der Waals surface area contributed by atoms with E-state index in [-0.39, 0.29) is 0 Å². The van der Waals surface area contributed by atoms with Gasteiger partial charge in [0.05, 0.1) is 0 Å². The van der Waals surface area contributed by atoms with Gasteiger partial charge in [0.15, 0.2) is 0 Å². The van der Waals surface area contributed by atoms with Crippen LogP contribution in [0.15, 0.2) is 17.8 Å². The Bertz CT molecular complexity index is 83.0. The Morgan fingerprint density at radius 3 is 1.78 bits per heavy atom. The first kappa shape index (κ1) is 15.6. The molecule has 0 aliphatic heterocycles. The van der Waals surface area contributed by atoms with Gasteiger partial charge in [-0.1, -0.05) is 11.2 Å². The van der Waals surface area contributed by atoms with Gasteiger partial charge in [-0.05, 0) is 19.2 Å². The van der Waals surface area contributed by atoms with Crippen molar-refractivity contribution in [3.63, 3.8) is 0 Å². The number of allylic oxidation sites excluding steroid dienone is 1. The highest BCUT2D eigenvalue weighted by Gasteiger charge is 1.27. The van der Waals surface area contributed by atoms with E-state index in [1.165, 1.54) is 7.05 Å². The molecule has 1 N–H and O–H groups in total. The van der Waals surface area contributed by atoms with E-state index in [4.69, 9.17) is 10.9 Å². The zero-order valence-corrected chi connectivity index (χ0v) is 5.83. The van der Waals surface area contributed by atoms with Gasteiger partial charge in [-0.3, -0.25) is 0 Å². The maximum Gasteiger partial charge on any atom is 0.0139 e. The molecule has 0 unspecified atom stereocenters. The molecule has 0 fully saturated rings. The molecule has 52 valence electrons. The number of hydrogen-bond donors (Lipinski definition) is 1. The molecule has 0 saturated carbocycles. The maximum absolute atomic E-state index is 7.33. The Morgan fingerprint density at radius 2 is 1.78 bits per heavy atom. The van der Waals surface area contributed by atoms with Crippen LogP contribution in [0, 0.1) is 5.41 Å². The Morgan fingerprint density at radius 1 is 1.67 bits per heavy atom. The molecule has 0 aliphatic rings. The van der Waals surface area contributed by atoms with E-state index in [9.17, 15) is 0 Å². The van der Waals surface area contributed by atoms with Crippen LogP contribution < -0.4 is 0 Å². The summed E-state index contributed by atoms with van der Waals surface area (Å²) < 4.78 is 0. The van der Waals surface area contributed by atoms with Crippen LogP contribution in [-0.4, -0.2) is 13.8 Å². The van der Waals surface area contributed by atoms with Gasteiger partial charge in [0.1, 0.15) is 0 Å². The van der Waals surface area contributed by atoms with Gasteiger partial charge in [-0.25, -0.2) is 0 Å². The lowest BCUT2D eigenvalue weighted by Gasteiger charge is -1.35. The summed E-state index contributed by atoms with van der Waals surface area (Å²) in [6.07, 6.45) is 1.75. The van der Waals surface area contributed by atoms with E-state index in [0.29, 0.717) is 0 Å². The fraction of sp³-hybridized carbons (Fsp3) is 0.400. The molecule has 0 aromatic heterocycles. The molecule has 0 aliphatic carbocycles. The minimum absolute atomic E-state index is 1.39. The number of azide groups is 1. The minimum atomic E-state index is 1.39. The summed E-state index contributed by atoms with van der Waals surface area (Å²) in [6.45, 7) is 7.75. The number of nitrogens with zero attached hydrogens (tertiary/aromatic N) is 3. The maximum atomic E-state index is 7.33. The SMILES string of the molecule is C=CC.C=N.CN=[N+]=[N-]. The standard InChI is InChI=1S/C3H6.CH3N3.CH3N/c1-3-2;1-3-4-2;1-2/h3H,1H2,2H3;1H3;2H,1H2. The summed E-state index contributed by atoms with van der Waals surface area (Å²) in [5.41, 5.74) is 7.33. The Labute approximate surface area is 55.3 Å². The number of nitrogens with one attached hydrogen (secondary N) is 1. The molecular weight excluding hydrogens is 116 g/mol. The van der Waals surface area contributed by atoms with E-state index >= 15 is 0 Å². The third-order valence-corrected chi connectivity index (χ3v) is 0.0894.